The molecule has 0 bridgehead atoms. The van der Waals surface area contributed by atoms with Crippen LogP contribution < -0.4 is 5.48 Å². The van der Waals surface area contributed by atoms with Gasteiger partial charge >= 0.3 is 0 Å². The van der Waals surface area contributed by atoms with Crippen molar-refractivity contribution in [2.45, 2.75) is 32.4 Å². The van der Waals surface area contributed by atoms with Crippen LogP contribution in [0.25, 0.3) is 0 Å². The standard InChI is InChI=1S/C13H21NO2/c1-13(2,15-3)9-11-5-7-12(8-6-11)10-14-16-4/h5-8,14H,9-10H2,1-4H3. The van der Waals surface area contributed by atoms with Gasteiger partial charge in [0.1, 0.15) is 0 Å². The molecule has 0 aliphatic rings. The van der Waals surface area contributed by atoms with Crippen molar-refractivity contribution in [2.24, 2.45) is 0 Å². The van der Waals surface area contributed by atoms with Crippen LogP contribution in [-0.2, 0) is 22.5 Å². The molecule has 0 aliphatic carbocycles. The number of hydrogen-bond acceptors (Lipinski definition) is 3. The quantitative estimate of drug-likeness (QED) is 0.751. The molecule has 1 aromatic carbocycles. The van der Waals surface area contributed by atoms with E-state index in [-0.39, 0.29) is 5.60 Å². The lowest BCUT2D eigenvalue weighted by Crippen LogP contribution is -2.25. The first kappa shape index (κ1) is 13.2. The minimum absolute atomic E-state index is 0.105. The Kier molecular flexibility index (Phi) is 4.93. The van der Waals surface area contributed by atoms with Gasteiger partial charge in [0.05, 0.1) is 12.7 Å². The predicted molar refractivity (Wildman–Crippen MR) is 65.1 cm³/mol. The van der Waals surface area contributed by atoms with Gasteiger partial charge in [-0.1, -0.05) is 24.3 Å². The highest BCUT2D eigenvalue weighted by Crippen LogP contribution is 2.16. The Hall–Kier alpha value is -0.900. The molecule has 0 unspecified atom stereocenters. The molecule has 0 amide bonds. The highest BCUT2D eigenvalue weighted by molar-refractivity contribution is 5.23. The molecule has 1 rings (SSSR count). The Morgan fingerprint density at radius 1 is 1.06 bits per heavy atom. The van der Waals surface area contributed by atoms with Crippen LogP contribution in [0.1, 0.15) is 25.0 Å². The largest absolute Gasteiger partial charge is 0.378 e. The first-order valence-electron chi connectivity index (χ1n) is 5.46. The van der Waals surface area contributed by atoms with Crippen LogP contribution in [0.5, 0.6) is 0 Å². The first-order chi connectivity index (χ1) is 7.57. The summed E-state index contributed by atoms with van der Waals surface area (Å²) in [5.74, 6) is 0. The van der Waals surface area contributed by atoms with Crippen molar-refractivity contribution < 1.29 is 9.57 Å². The zero-order valence-corrected chi connectivity index (χ0v) is 10.5. The van der Waals surface area contributed by atoms with Gasteiger partial charge in [0, 0.05) is 20.1 Å². The summed E-state index contributed by atoms with van der Waals surface area (Å²) in [4.78, 5) is 4.80. The van der Waals surface area contributed by atoms with E-state index in [0.29, 0.717) is 0 Å². The van der Waals surface area contributed by atoms with E-state index < -0.39 is 0 Å². The molecule has 0 heterocycles. The highest BCUT2D eigenvalue weighted by atomic mass is 16.6. The smallest absolute Gasteiger partial charge is 0.0662 e. The van der Waals surface area contributed by atoms with Crippen LogP contribution in [-0.4, -0.2) is 19.8 Å². The third kappa shape index (κ3) is 4.31. The van der Waals surface area contributed by atoms with E-state index in [0.717, 1.165) is 13.0 Å². The average Bonchev–Trinajstić information content (AvgIpc) is 2.28. The Labute approximate surface area is 97.7 Å². The summed E-state index contributed by atoms with van der Waals surface area (Å²) in [6.07, 6.45) is 0.918. The normalized spacial score (nSPS) is 11.8. The Balaban J connectivity index is 2.57. The Morgan fingerprint density at radius 2 is 1.62 bits per heavy atom. The molecule has 16 heavy (non-hydrogen) atoms. The van der Waals surface area contributed by atoms with Crippen LogP contribution in [0.4, 0.5) is 0 Å². The molecule has 90 valence electrons. The maximum Gasteiger partial charge on any atom is 0.0662 e. The van der Waals surface area contributed by atoms with E-state index in [1.54, 1.807) is 14.2 Å². The highest BCUT2D eigenvalue weighted by Gasteiger charge is 2.16. The van der Waals surface area contributed by atoms with Crippen molar-refractivity contribution in [1.82, 2.24) is 5.48 Å². The summed E-state index contributed by atoms with van der Waals surface area (Å²) in [6, 6.07) is 8.47. The molecule has 1 aromatic rings. The predicted octanol–water partition coefficient (Wildman–Crippen LogP) is 2.31. The number of rotatable bonds is 6. The topological polar surface area (TPSA) is 30.5 Å². The average molecular weight is 223 g/mol. The number of ether oxygens (including phenoxy) is 1. The zero-order chi connectivity index (χ0) is 12.0. The van der Waals surface area contributed by atoms with Crippen molar-refractivity contribution in [3.8, 4) is 0 Å². The molecular formula is C13H21NO2. The SMILES string of the molecule is CONCc1ccc(CC(C)(C)OC)cc1. The fourth-order valence-electron chi connectivity index (χ4n) is 1.49. The molecule has 0 saturated heterocycles. The third-order valence-corrected chi connectivity index (χ3v) is 2.63. The zero-order valence-electron chi connectivity index (χ0n) is 10.5. The number of methoxy groups -OCH3 is 1. The molecule has 0 spiro atoms. The molecule has 3 heteroatoms. The molecule has 0 saturated carbocycles. The second kappa shape index (κ2) is 5.99. The molecular weight excluding hydrogens is 202 g/mol. The van der Waals surface area contributed by atoms with Crippen molar-refractivity contribution in [3.63, 3.8) is 0 Å². The number of hydroxylamine groups is 1. The lowest BCUT2D eigenvalue weighted by Gasteiger charge is -2.22. The monoisotopic (exact) mass is 223 g/mol. The fraction of sp³-hybridized carbons (Fsp3) is 0.538. The molecule has 0 aromatic heterocycles. The van der Waals surface area contributed by atoms with Crippen molar-refractivity contribution in [3.05, 3.63) is 35.4 Å². The summed E-state index contributed by atoms with van der Waals surface area (Å²) in [7, 11) is 3.37. The van der Waals surface area contributed by atoms with Gasteiger partial charge in [0.25, 0.3) is 0 Å². The third-order valence-electron chi connectivity index (χ3n) is 2.63. The Bertz CT molecular complexity index is 306. The fourth-order valence-corrected chi connectivity index (χ4v) is 1.49. The minimum atomic E-state index is -0.105. The van der Waals surface area contributed by atoms with Crippen molar-refractivity contribution >= 4 is 0 Å². The van der Waals surface area contributed by atoms with Crippen LogP contribution in [0.15, 0.2) is 24.3 Å². The maximum atomic E-state index is 5.40. The lowest BCUT2D eigenvalue weighted by molar-refractivity contribution is 0.0232. The van der Waals surface area contributed by atoms with E-state index in [2.05, 4.69) is 43.6 Å². The van der Waals surface area contributed by atoms with E-state index in [4.69, 9.17) is 9.57 Å². The van der Waals surface area contributed by atoms with Crippen LogP contribution in [0, 0.1) is 0 Å². The first-order valence-corrected chi connectivity index (χ1v) is 5.46. The van der Waals surface area contributed by atoms with Gasteiger partial charge in [-0.2, -0.15) is 5.48 Å². The second-order valence-corrected chi connectivity index (χ2v) is 4.48. The Morgan fingerprint density at radius 3 is 2.12 bits per heavy atom. The van der Waals surface area contributed by atoms with Gasteiger partial charge in [0.2, 0.25) is 0 Å². The second-order valence-electron chi connectivity index (χ2n) is 4.48. The van der Waals surface area contributed by atoms with Gasteiger partial charge in [0.15, 0.2) is 0 Å². The lowest BCUT2D eigenvalue weighted by atomic mass is 9.97. The van der Waals surface area contributed by atoms with Gasteiger partial charge in [-0.15, -0.1) is 0 Å². The molecule has 3 nitrogen and oxygen atoms in total. The van der Waals surface area contributed by atoms with Gasteiger partial charge in [-0.3, -0.25) is 0 Å². The summed E-state index contributed by atoms with van der Waals surface area (Å²) in [6.45, 7) is 4.91. The van der Waals surface area contributed by atoms with E-state index in [1.165, 1.54) is 11.1 Å². The van der Waals surface area contributed by atoms with Crippen molar-refractivity contribution in [2.75, 3.05) is 14.2 Å². The van der Waals surface area contributed by atoms with Crippen LogP contribution in [0.2, 0.25) is 0 Å². The molecule has 0 radical (unpaired) electrons. The summed E-state index contributed by atoms with van der Waals surface area (Å²) >= 11 is 0. The minimum Gasteiger partial charge on any atom is -0.378 e. The van der Waals surface area contributed by atoms with Gasteiger partial charge < -0.3 is 9.57 Å². The van der Waals surface area contributed by atoms with E-state index in [1.807, 2.05) is 0 Å². The molecule has 0 atom stereocenters. The molecule has 1 N–H and O–H groups in total. The van der Waals surface area contributed by atoms with E-state index in [9.17, 15) is 0 Å². The maximum absolute atomic E-state index is 5.40. The van der Waals surface area contributed by atoms with E-state index >= 15 is 0 Å². The number of hydrogen-bond donors (Lipinski definition) is 1. The molecule has 0 aliphatic heterocycles. The number of benzene rings is 1. The van der Waals surface area contributed by atoms with Crippen molar-refractivity contribution in [1.29, 1.82) is 0 Å². The van der Waals surface area contributed by atoms with Crippen LogP contribution >= 0.6 is 0 Å². The van der Waals surface area contributed by atoms with Crippen LogP contribution in [0.3, 0.4) is 0 Å². The number of nitrogens with one attached hydrogen (secondary N) is 1. The van der Waals surface area contributed by atoms with Gasteiger partial charge in [-0.25, -0.2) is 0 Å². The summed E-state index contributed by atoms with van der Waals surface area (Å²) < 4.78 is 5.40. The summed E-state index contributed by atoms with van der Waals surface area (Å²) in [5, 5.41) is 0. The molecule has 0 fully saturated rings. The van der Waals surface area contributed by atoms with Gasteiger partial charge in [-0.05, 0) is 25.0 Å². The summed E-state index contributed by atoms with van der Waals surface area (Å²) in [5.41, 5.74) is 5.21.